The maximum Gasteiger partial charge on any atom is 0.321 e. The van der Waals surface area contributed by atoms with E-state index in [-0.39, 0.29) is 0 Å². The van der Waals surface area contributed by atoms with Gasteiger partial charge in [0.15, 0.2) is 0 Å². The molecular formula is C24H50O2Si. The van der Waals surface area contributed by atoms with Gasteiger partial charge in [-0.05, 0) is 32.2 Å². The lowest BCUT2D eigenvalue weighted by atomic mass is 10.0. The summed E-state index contributed by atoms with van der Waals surface area (Å²) in [6.07, 6.45) is 27.2. The SMILES string of the molecule is CCCCCCCCCCCCCCCCCCC(C)O[SiH]1CCCCO1. The highest BCUT2D eigenvalue weighted by Gasteiger charge is 2.19. The van der Waals surface area contributed by atoms with E-state index in [0.29, 0.717) is 6.10 Å². The highest BCUT2D eigenvalue weighted by atomic mass is 28.3. The molecule has 1 aliphatic heterocycles. The molecule has 0 amide bonds. The highest BCUT2D eigenvalue weighted by Crippen LogP contribution is 2.17. The Morgan fingerprint density at radius 1 is 0.704 bits per heavy atom. The van der Waals surface area contributed by atoms with E-state index in [4.69, 9.17) is 8.85 Å². The van der Waals surface area contributed by atoms with E-state index in [2.05, 4.69) is 13.8 Å². The Bertz CT molecular complexity index is 292. The van der Waals surface area contributed by atoms with E-state index in [9.17, 15) is 0 Å². The topological polar surface area (TPSA) is 18.5 Å². The normalized spacial score (nSPS) is 18.7. The molecule has 0 radical (unpaired) electrons. The molecule has 1 heterocycles. The van der Waals surface area contributed by atoms with Crippen LogP contribution in [-0.4, -0.2) is 22.0 Å². The first-order valence-electron chi connectivity index (χ1n) is 12.6. The quantitative estimate of drug-likeness (QED) is 0.162. The first kappa shape index (κ1) is 25.2. The fourth-order valence-corrected chi connectivity index (χ4v) is 6.21. The van der Waals surface area contributed by atoms with Gasteiger partial charge in [0.25, 0.3) is 0 Å². The maximum absolute atomic E-state index is 6.13. The molecule has 27 heavy (non-hydrogen) atoms. The number of hydrogen-bond donors (Lipinski definition) is 0. The Hall–Kier alpha value is 0.137. The molecule has 0 aromatic heterocycles. The molecule has 2 nitrogen and oxygen atoms in total. The fraction of sp³-hybridized carbons (Fsp3) is 1.00. The van der Waals surface area contributed by atoms with Crippen molar-refractivity contribution in [2.75, 3.05) is 6.61 Å². The number of unbranched alkanes of at least 4 members (excludes halogenated alkanes) is 15. The van der Waals surface area contributed by atoms with Gasteiger partial charge in [0.05, 0.1) is 0 Å². The number of hydrogen-bond acceptors (Lipinski definition) is 2. The van der Waals surface area contributed by atoms with Crippen molar-refractivity contribution in [1.29, 1.82) is 0 Å². The van der Waals surface area contributed by atoms with Gasteiger partial charge in [0.2, 0.25) is 0 Å². The molecule has 2 unspecified atom stereocenters. The van der Waals surface area contributed by atoms with Crippen LogP contribution in [0, 0.1) is 0 Å². The molecule has 0 aliphatic carbocycles. The first-order chi connectivity index (χ1) is 13.3. The zero-order valence-corrected chi connectivity index (χ0v) is 20.0. The van der Waals surface area contributed by atoms with Gasteiger partial charge < -0.3 is 8.85 Å². The summed E-state index contributed by atoms with van der Waals surface area (Å²) in [5.74, 6) is 0. The maximum atomic E-state index is 6.13. The third-order valence-corrected chi connectivity index (χ3v) is 8.24. The minimum atomic E-state index is -1.28. The van der Waals surface area contributed by atoms with Crippen molar-refractivity contribution in [2.24, 2.45) is 0 Å². The molecule has 2 atom stereocenters. The van der Waals surface area contributed by atoms with Crippen LogP contribution in [0.5, 0.6) is 0 Å². The van der Waals surface area contributed by atoms with Gasteiger partial charge in [-0.2, -0.15) is 0 Å². The van der Waals surface area contributed by atoms with Crippen LogP contribution in [0.2, 0.25) is 6.04 Å². The summed E-state index contributed by atoms with van der Waals surface area (Å²) in [6, 6.07) is 1.23. The van der Waals surface area contributed by atoms with E-state index in [0.717, 1.165) is 6.61 Å². The molecule has 0 saturated carbocycles. The molecular weight excluding hydrogens is 348 g/mol. The third-order valence-electron chi connectivity index (χ3n) is 5.99. The van der Waals surface area contributed by atoms with Crippen molar-refractivity contribution in [1.82, 2.24) is 0 Å². The average molecular weight is 399 g/mol. The second kappa shape index (κ2) is 19.5. The summed E-state index contributed by atoms with van der Waals surface area (Å²) in [5.41, 5.74) is 0. The van der Waals surface area contributed by atoms with E-state index in [1.165, 1.54) is 128 Å². The predicted octanol–water partition coefficient (Wildman–Crippen LogP) is 8.07. The third kappa shape index (κ3) is 16.8. The van der Waals surface area contributed by atoms with Gasteiger partial charge in [-0.3, -0.25) is 0 Å². The largest absolute Gasteiger partial charge is 0.397 e. The molecule has 0 bridgehead atoms. The van der Waals surface area contributed by atoms with E-state index in [1.54, 1.807) is 0 Å². The summed E-state index contributed by atoms with van der Waals surface area (Å²) in [6.45, 7) is 5.49. The van der Waals surface area contributed by atoms with Crippen LogP contribution in [0.1, 0.15) is 136 Å². The summed E-state index contributed by atoms with van der Waals surface area (Å²) in [7, 11) is -1.28. The van der Waals surface area contributed by atoms with E-state index >= 15 is 0 Å². The second-order valence-electron chi connectivity index (χ2n) is 8.83. The van der Waals surface area contributed by atoms with E-state index < -0.39 is 9.28 Å². The molecule has 0 N–H and O–H groups in total. The minimum Gasteiger partial charge on any atom is -0.397 e. The van der Waals surface area contributed by atoms with Crippen LogP contribution >= 0.6 is 0 Å². The molecule has 0 aromatic rings. The molecule has 1 saturated heterocycles. The highest BCUT2D eigenvalue weighted by molar-refractivity contribution is 6.44. The minimum absolute atomic E-state index is 0.423. The van der Waals surface area contributed by atoms with Crippen LogP contribution in [-0.2, 0) is 8.85 Å². The lowest BCUT2D eigenvalue weighted by Gasteiger charge is -2.24. The molecule has 0 aromatic carbocycles. The standard InChI is InChI=1S/C24H50O2Si/c1-3-4-5-6-7-8-9-10-11-12-13-14-15-16-17-18-21-24(2)26-27-23-20-19-22-25-27/h24,27H,3-23H2,1-2H3. The number of rotatable bonds is 19. The van der Waals surface area contributed by atoms with Crippen molar-refractivity contribution in [3.8, 4) is 0 Å². The van der Waals surface area contributed by atoms with Crippen LogP contribution in [0.25, 0.3) is 0 Å². The smallest absolute Gasteiger partial charge is 0.321 e. The Morgan fingerprint density at radius 2 is 1.19 bits per heavy atom. The zero-order valence-electron chi connectivity index (χ0n) is 18.8. The van der Waals surface area contributed by atoms with Crippen molar-refractivity contribution >= 4 is 9.28 Å². The van der Waals surface area contributed by atoms with Crippen molar-refractivity contribution < 1.29 is 8.85 Å². The van der Waals surface area contributed by atoms with Gasteiger partial charge in [-0.25, -0.2) is 0 Å². The monoisotopic (exact) mass is 398 g/mol. The van der Waals surface area contributed by atoms with Crippen LogP contribution in [0.4, 0.5) is 0 Å². The lowest BCUT2D eigenvalue weighted by Crippen LogP contribution is -2.30. The molecule has 1 rings (SSSR count). The molecule has 162 valence electrons. The lowest BCUT2D eigenvalue weighted by molar-refractivity contribution is 0.126. The summed E-state index contributed by atoms with van der Waals surface area (Å²) in [5, 5.41) is 0. The Balaban J connectivity index is 1.71. The predicted molar refractivity (Wildman–Crippen MR) is 122 cm³/mol. The molecule has 0 spiro atoms. The molecule has 1 aliphatic rings. The van der Waals surface area contributed by atoms with Crippen LogP contribution in [0.15, 0.2) is 0 Å². The van der Waals surface area contributed by atoms with Gasteiger partial charge in [-0.1, -0.05) is 110 Å². The fourth-order valence-electron chi connectivity index (χ4n) is 4.13. The first-order valence-corrected chi connectivity index (χ1v) is 14.4. The van der Waals surface area contributed by atoms with Gasteiger partial charge in [0.1, 0.15) is 0 Å². The molecule has 1 fully saturated rings. The van der Waals surface area contributed by atoms with Crippen molar-refractivity contribution in [2.45, 2.75) is 148 Å². The Morgan fingerprint density at radius 3 is 1.63 bits per heavy atom. The van der Waals surface area contributed by atoms with E-state index in [1.807, 2.05) is 0 Å². The summed E-state index contributed by atoms with van der Waals surface area (Å²) in [4.78, 5) is 0. The van der Waals surface area contributed by atoms with Crippen LogP contribution < -0.4 is 0 Å². The summed E-state index contributed by atoms with van der Waals surface area (Å²) >= 11 is 0. The van der Waals surface area contributed by atoms with Gasteiger partial charge >= 0.3 is 9.28 Å². The van der Waals surface area contributed by atoms with Crippen LogP contribution in [0.3, 0.4) is 0 Å². The average Bonchev–Trinajstić information content (AvgIpc) is 2.68. The summed E-state index contributed by atoms with van der Waals surface area (Å²) < 4.78 is 11.9. The second-order valence-corrected chi connectivity index (χ2v) is 10.9. The zero-order chi connectivity index (χ0) is 19.4. The molecule has 3 heteroatoms. The van der Waals surface area contributed by atoms with Crippen molar-refractivity contribution in [3.05, 3.63) is 0 Å². The van der Waals surface area contributed by atoms with Gasteiger partial charge in [-0.15, -0.1) is 0 Å². The van der Waals surface area contributed by atoms with Crippen molar-refractivity contribution in [3.63, 3.8) is 0 Å². The Labute approximate surface area is 173 Å². The Kier molecular flexibility index (Phi) is 18.1. The van der Waals surface area contributed by atoms with Gasteiger partial charge in [0, 0.05) is 12.7 Å².